The van der Waals surface area contributed by atoms with Crippen LogP contribution in [0.2, 0.25) is 0 Å². The number of H-pyrrole nitrogens is 1. The van der Waals surface area contributed by atoms with Gasteiger partial charge in [0.2, 0.25) is 5.82 Å². The first-order valence-electron chi connectivity index (χ1n) is 7.98. The molecule has 5 rings (SSSR count). The van der Waals surface area contributed by atoms with Crippen LogP contribution in [0.3, 0.4) is 0 Å². The van der Waals surface area contributed by atoms with Crippen molar-refractivity contribution in [3.8, 4) is 28.3 Å². The number of tetrazole rings is 1. The third kappa shape index (κ3) is 2.12. The number of fused-ring (bicyclic) bond motifs is 2. The van der Waals surface area contributed by atoms with E-state index in [0.29, 0.717) is 11.5 Å². The average Bonchev–Trinajstić information content (AvgIpc) is 3.35. The largest absolute Gasteiger partial charge is 0.496 e. The molecule has 3 heterocycles. The first-order chi connectivity index (χ1) is 12.8. The molecule has 0 bridgehead atoms. The topological polar surface area (TPSA) is 93.9 Å². The Kier molecular flexibility index (Phi) is 3.14. The first-order valence-corrected chi connectivity index (χ1v) is 7.98. The fraction of sp³-hybridized carbons (Fsp3) is 0.0556. The Morgan fingerprint density at radius 3 is 2.85 bits per heavy atom. The molecule has 0 amide bonds. The quantitative estimate of drug-likeness (QED) is 0.541. The van der Waals surface area contributed by atoms with Gasteiger partial charge in [-0.05, 0) is 22.1 Å². The highest BCUT2D eigenvalue weighted by molar-refractivity contribution is 5.99. The molecule has 126 valence electrons. The van der Waals surface area contributed by atoms with Gasteiger partial charge in [-0.3, -0.25) is 0 Å². The number of rotatable bonds is 3. The molecule has 26 heavy (non-hydrogen) atoms. The highest BCUT2D eigenvalue weighted by atomic mass is 16.5. The zero-order chi connectivity index (χ0) is 17.5. The van der Waals surface area contributed by atoms with Gasteiger partial charge >= 0.3 is 0 Å². The first kappa shape index (κ1) is 14.5. The summed E-state index contributed by atoms with van der Waals surface area (Å²) in [6, 6.07) is 12.2. The Balaban J connectivity index is 1.74. The van der Waals surface area contributed by atoms with Crippen LogP contribution < -0.4 is 4.74 Å². The fourth-order valence-corrected chi connectivity index (χ4v) is 3.16. The summed E-state index contributed by atoms with van der Waals surface area (Å²) in [6.07, 6.45) is 5.42. The van der Waals surface area contributed by atoms with E-state index in [4.69, 9.17) is 4.74 Å². The standard InChI is InChI=1S/C18H13N7O/c1-26-15-7-6-11-4-2-3-5-13(11)16(15)12-8-19-18-14(9-20-25(18)10-12)17-21-23-24-22-17/h2-10H,1H3,(H,21,22,23,24). The Bertz CT molecular complexity index is 1230. The minimum Gasteiger partial charge on any atom is -0.496 e. The molecule has 0 aliphatic rings. The second-order valence-corrected chi connectivity index (χ2v) is 5.77. The fourth-order valence-electron chi connectivity index (χ4n) is 3.16. The summed E-state index contributed by atoms with van der Waals surface area (Å²) in [5, 5.41) is 20.6. The van der Waals surface area contributed by atoms with E-state index in [-0.39, 0.29) is 0 Å². The molecule has 0 fully saturated rings. The van der Waals surface area contributed by atoms with E-state index in [9.17, 15) is 0 Å². The number of benzene rings is 2. The lowest BCUT2D eigenvalue weighted by Crippen LogP contribution is -1.95. The normalized spacial score (nSPS) is 11.3. The van der Waals surface area contributed by atoms with Crippen LogP contribution in [0.5, 0.6) is 5.75 Å². The van der Waals surface area contributed by atoms with Crippen molar-refractivity contribution in [3.63, 3.8) is 0 Å². The number of aromatic amines is 1. The highest BCUT2D eigenvalue weighted by Gasteiger charge is 2.15. The summed E-state index contributed by atoms with van der Waals surface area (Å²) < 4.78 is 7.30. The SMILES string of the molecule is COc1ccc2ccccc2c1-c1cnc2c(-c3nn[nH]n3)cnn2c1. The minimum atomic E-state index is 0.461. The zero-order valence-electron chi connectivity index (χ0n) is 13.8. The van der Waals surface area contributed by atoms with E-state index >= 15 is 0 Å². The molecule has 0 saturated carbocycles. The second kappa shape index (κ2) is 5.62. The summed E-state index contributed by atoms with van der Waals surface area (Å²) in [5.74, 6) is 1.25. The lowest BCUT2D eigenvalue weighted by Gasteiger charge is -2.12. The van der Waals surface area contributed by atoms with Crippen molar-refractivity contribution in [2.45, 2.75) is 0 Å². The summed E-state index contributed by atoms with van der Waals surface area (Å²) in [5.41, 5.74) is 3.27. The Morgan fingerprint density at radius 2 is 2.00 bits per heavy atom. The van der Waals surface area contributed by atoms with Crippen LogP contribution in [0.4, 0.5) is 0 Å². The van der Waals surface area contributed by atoms with Gasteiger partial charge in [0.1, 0.15) is 5.75 Å². The van der Waals surface area contributed by atoms with Gasteiger partial charge in [0.05, 0.1) is 18.9 Å². The second-order valence-electron chi connectivity index (χ2n) is 5.77. The molecule has 1 N–H and O–H groups in total. The number of ether oxygens (including phenoxy) is 1. The Morgan fingerprint density at radius 1 is 1.08 bits per heavy atom. The summed E-state index contributed by atoms with van der Waals surface area (Å²) >= 11 is 0. The minimum absolute atomic E-state index is 0.461. The molecule has 8 nitrogen and oxygen atoms in total. The van der Waals surface area contributed by atoms with Crippen molar-refractivity contribution < 1.29 is 4.74 Å². The van der Waals surface area contributed by atoms with Gasteiger partial charge in [0.25, 0.3) is 0 Å². The highest BCUT2D eigenvalue weighted by Crippen LogP contribution is 2.37. The Labute approximate surface area is 147 Å². The van der Waals surface area contributed by atoms with E-state index in [0.717, 1.165) is 33.2 Å². The molecular weight excluding hydrogens is 330 g/mol. The van der Waals surface area contributed by atoms with Crippen LogP contribution in [-0.2, 0) is 0 Å². The van der Waals surface area contributed by atoms with Crippen LogP contribution in [0, 0.1) is 0 Å². The number of aromatic nitrogens is 7. The molecule has 0 spiro atoms. The Hall–Kier alpha value is -3.81. The monoisotopic (exact) mass is 343 g/mol. The van der Waals surface area contributed by atoms with Crippen LogP contribution in [0.25, 0.3) is 38.9 Å². The predicted molar refractivity (Wildman–Crippen MR) is 95.7 cm³/mol. The molecule has 2 aromatic carbocycles. The number of methoxy groups -OCH3 is 1. The van der Waals surface area contributed by atoms with Crippen molar-refractivity contribution in [2.24, 2.45) is 0 Å². The van der Waals surface area contributed by atoms with Crippen LogP contribution in [0.15, 0.2) is 55.0 Å². The van der Waals surface area contributed by atoms with Crippen molar-refractivity contribution in [1.82, 2.24) is 35.2 Å². The number of hydrogen-bond acceptors (Lipinski definition) is 6. The smallest absolute Gasteiger partial charge is 0.210 e. The molecule has 0 saturated heterocycles. The van der Waals surface area contributed by atoms with Gasteiger partial charge in [0.15, 0.2) is 5.65 Å². The van der Waals surface area contributed by atoms with Gasteiger partial charge in [-0.15, -0.1) is 10.2 Å². The van der Waals surface area contributed by atoms with Crippen molar-refractivity contribution >= 4 is 16.4 Å². The van der Waals surface area contributed by atoms with E-state index in [1.807, 2.05) is 36.7 Å². The average molecular weight is 343 g/mol. The summed E-state index contributed by atoms with van der Waals surface area (Å²) in [6.45, 7) is 0. The molecule has 0 aliphatic carbocycles. The molecule has 0 atom stereocenters. The van der Waals surface area contributed by atoms with Gasteiger partial charge < -0.3 is 4.74 Å². The van der Waals surface area contributed by atoms with Gasteiger partial charge in [-0.1, -0.05) is 30.3 Å². The molecule has 0 unspecified atom stereocenters. The third-order valence-electron chi connectivity index (χ3n) is 4.34. The van der Waals surface area contributed by atoms with E-state index in [1.54, 1.807) is 17.8 Å². The molecule has 0 radical (unpaired) electrons. The maximum atomic E-state index is 5.59. The van der Waals surface area contributed by atoms with Crippen molar-refractivity contribution in [2.75, 3.05) is 7.11 Å². The molecule has 5 aromatic rings. The lowest BCUT2D eigenvalue weighted by molar-refractivity contribution is 0.417. The third-order valence-corrected chi connectivity index (χ3v) is 4.34. The van der Waals surface area contributed by atoms with Crippen LogP contribution in [-0.4, -0.2) is 42.3 Å². The van der Waals surface area contributed by atoms with E-state index < -0.39 is 0 Å². The molecule has 0 aliphatic heterocycles. The maximum absolute atomic E-state index is 5.59. The molecule has 3 aromatic heterocycles. The number of nitrogens with zero attached hydrogens (tertiary/aromatic N) is 6. The summed E-state index contributed by atoms with van der Waals surface area (Å²) in [7, 11) is 1.67. The van der Waals surface area contributed by atoms with E-state index in [1.165, 1.54) is 0 Å². The zero-order valence-corrected chi connectivity index (χ0v) is 13.8. The van der Waals surface area contributed by atoms with Crippen LogP contribution >= 0.6 is 0 Å². The molecule has 8 heteroatoms. The van der Waals surface area contributed by atoms with Crippen molar-refractivity contribution in [3.05, 3.63) is 55.0 Å². The van der Waals surface area contributed by atoms with Crippen LogP contribution in [0.1, 0.15) is 0 Å². The van der Waals surface area contributed by atoms with Gasteiger partial charge in [0, 0.05) is 23.5 Å². The van der Waals surface area contributed by atoms with E-state index in [2.05, 4.69) is 42.8 Å². The van der Waals surface area contributed by atoms with Crippen molar-refractivity contribution in [1.29, 1.82) is 0 Å². The lowest BCUT2D eigenvalue weighted by atomic mass is 9.99. The number of hydrogen-bond donors (Lipinski definition) is 1. The van der Waals surface area contributed by atoms with Gasteiger partial charge in [-0.2, -0.15) is 10.3 Å². The summed E-state index contributed by atoms with van der Waals surface area (Å²) in [4.78, 5) is 4.58. The number of nitrogens with one attached hydrogen (secondary N) is 1. The molecular formula is C18H13N7O. The maximum Gasteiger partial charge on any atom is 0.210 e. The van der Waals surface area contributed by atoms with Gasteiger partial charge in [-0.25, -0.2) is 9.50 Å². The predicted octanol–water partition coefficient (Wildman–Crippen LogP) is 2.74.